The van der Waals surface area contributed by atoms with Gasteiger partial charge in [0.25, 0.3) is 0 Å². The molecule has 2 heteroatoms. The highest BCUT2D eigenvalue weighted by atomic mass is 16.1. The molecule has 11 heavy (non-hydrogen) atoms. The Morgan fingerprint density at radius 2 is 2.27 bits per heavy atom. The molecule has 1 heterocycles. The second-order valence-electron chi connectivity index (χ2n) is 2.67. The Morgan fingerprint density at radius 3 is 2.73 bits per heavy atom. The van der Waals surface area contributed by atoms with Gasteiger partial charge in [-0.15, -0.1) is 0 Å². The molecule has 0 spiro atoms. The van der Waals surface area contributed by atoms with Crippen LogP contribution in [0.4, 0.5) is 0 Å². The largest absolute Gasteiger partial charge is 0.359 e. The first-order valence-corrected chi connectivity index (χ1v) is 3.53. The van der Waals surface area contributed by atoms with E-state index in [0.29, 0.717) is 5.69 Å². The van der Waals surface area contributed by atoms with Crippen molar-refractivity contribution in [2.24, 2.45) is 0 Å². The van der Waals surface area contributed by atoms with Crippen LogP contribution in [-0.4, -0.2) is 10.8 Å². The predicted octanol–water partition coefficient (Wildman–Crippen LogP) is 2.16. The fraction of sp³-hybridized carbons (Fsp3) is 0.222. The minimum atomic E-state index is 0.0370. The van der Waals surface area contributed by atoms with E-state index in [2.05, 4.69) is 4.98 Å². The molecule has 0 aliphatic rings. The van der Waals surface area contributed by atoms with E-state index in [4.69, 9.17) is 0 Å². The number of ketones is 1. The number of carbonyl (C=O) groups excluding carboxylic acids is 1. The monoisotopic (exact) mass is 149 g/mol. The molecule has 0 bridgehead atoms. The Bertz CT molecular complexity index is 266. The van der Waals surface area contributed by atoms with Crippen LogP contribution >= 0.6 is 0 Å². The molecule has 0 radical (unpaired) electrons. The van der Waals surface area contributed by atoms with Crippen molar-refractivity contribution < 1.29 is 4.79 Å². The summed E-state index contributed by atoms with van der Waals surface area (Å²) >= 11 is 0. The van der Waals surface area contributed by atoms with Gasteiger partial charge in [0.15, 0.2) is 0 Å². The van der Waals surface area contributed by atoms with Crippen LogP contribution in [0.3, 0.4) is 0 Å². The number of allylic oxidation sites excluding steroid dienone is 2. The van der Waals surface area contributed by atoms with Gasteiger partial charge in [0.1, 0.15) is 0 Å². The van der Waals surface area contributed by atoms with E-state index < -0.39 is 0 Å². The summed E-state index contributed by atoms with van der Waals surface area (Å²) in [5, 5.41) is 0. The number of nitrogens with one attached hydrogen (secondary N) is 1. The van der Waals surface area contributed by atoms with Crippen LogP contribution in [0.2, 0.25) is 0 Å². The van der Waals surface area contributed by atoms with Crippen LogP contribution in [0.1, 0.15) is 24.3 Å². The van der Waals surface area contributed by atoms with Gasteiger partial charge in [-0.25, -0.2) is 0 Å². The van der Waals surface area contributed by atoms with Crippen molar-refractivity contribution in [2.45, 2.75) is 13.8 Å². The topological polar surface area (TPSA) is 32.9 Å². The minimum absolute atomic E-state index is 0.0370. The lowest BCUT2D eigenvalue weighted by molar-refractivity contribution is 0.104. The molecule has 2 nitrogen and oxygen atoms in total. The van der Waals surface area contributed by atoms with Crippen molar-refractivity contribution in [3.8, 4) is 0 Å². The number of rotatable bonds is 2. The summed E-state index contributed by atoms with van der Waals surface area (Å²) < 4.78 is 0. The number of H-pyrrole nitrogens is 1. The molecule has 1 aromatic rings. The molecule has 1 N–H and O–H groups in total. The van der Waals surface area contributed by atoms with Crippen molar-refractivity contribution in [2.75, 3.05) is 0 Å². The summed E-state index contributed by atoms with van der Waals surface area (Å²) in [5.41, 5.74) is 1.66. The fourth-order valence-corrected chi connectivity index (χ4v) is 0.824. The Balaban J connectivity index is 2.80. The summed E-state index contributed by atoms with van der Waals surface area (Å²) in [5.74, 6) is 0.0370. The maximum absolute atomic E-state index is 11.2. The lowest BCUT2D eigenvalue weighted by atomic mass is 10.2. The number of aromatic amines is 1. The maximum Gasteiger partial charge on any atom is 0.201 e. The molecule has 0 aromatic carbocycles. The zero-order valence-electron chi connectivity index (χ0n) is 6.72. The predicted molar refractivity (Wildman–Crippen MR) is 44.6 cm³/mol. The van der Waals surface area contributed by atoms with Crippen molar-refractivity contribution in [3.05, 3.63) is 35.7 Å². The van der Waals surface area contributed by atoms with Gasteiger partial charge in [-0.1, -0.05) is 5.57 Å². The van der Waals surface area contributed by atoms with Crippen LogP contribution in [0.25, 0.3) is 0 Å². The van der Waals surface area contributed by atoms with Crippen LogP contribution in [0.15, 0.2) is 30.0 Å². The summed E-state index contributed by atoms with van der Waals surface area (Å²) in [6, 6.07) is 3.58. The second kappa shape index (κ2) is 3.19. The lowest BCUT2D eigenvalue weighted by Crippen LogP contribution is -1.94. The lowest BCUT2D eigenvalue weighted by Gasteiger charge is -1.89. The standard InChI is InChI=1S/C9H11NO/c1-7(2)6-9(11)8-4-3-5-10-8/h3-6,10H,1-2H3. The van der Waals surface area contributed by atoms with Crippen LogP contribution in [-0.2, 0) is 0 Å². The van der Waals surface area contributed by atoms with Gasteiger partial charge in [-0.2, -0.15) is 0 Å². The zero-order chi connectivity index (χ0) is 8.27. The van der Waals surface area contributed by atoms with E-state index in [0.717, 1.165) is 5.57 Å². The molecular weight excluding hydrogens is 138 g/mol. The molecule has 58 valence electrons. The Morgan fingerprint density at radius 1 is 1.55 bits per heavy atom. The van der Waals surface area contributed by atoms with Crippen molar-refractivity contribution in [3.63, 3.8) is 0 Å². The van der Waals surface area contributed by atoms with E-state index in [9.17, 15) is 4.79 Å². The average Bonchev–Trinajstić information content (AvgIpc) is 2.35. The van der Waals surface area contributed by atoms with Gasteiger partial charge >= 0.3 is 0 Å². The zero-order valence-corrected chi connectivity index (χ0v) is 6.72. The Labute approximate surface area is 65.9 Å². The number of hydrogen-bond donors (Lipinski definition) is 1. The number of aromatic nitrogens is 1. The van der Waals surface area contributed by atoms with Crippen LogP contribution in [0, 0.1) is 0 Å². The van der Waals surface area contributed by atoms with Crippen LogP contribution < -0.4 is 0 Å². The minimum Gasteiger partial charge on any atom is -0.359 e. The third-order valence-corrected chi connectivity index (χ3v) is 1.28. The molecule has 0 saturated carbocycles. The van der Waals surface area contributed by atoms with Gasteiger partial charge in [0, 0.05) is 6.20 Å². The molecular formula is C9H11NO. The SMILES string of the molecule is CC(C)=CC(=O)c1ccc[nH]1. The van der Waals surface area contributed by atoms with Crippen molar-refractivity contribution in [1.82, 2.24) is 4.98 Å². The first kappa shape index (κ1) is 7.79. The summed E-state index contributed by atoms with van der Waals surface area (Å²) in [4.78, 5) is 14.1. The fourth-order valence-electron chi connectivity index (χ4n) is 0.824. The Kier molecular flexibility index (Phi) is 2.26. The van der Waals surface area contributed by atoms with Gasteiger partial charge < -0.3 is 4.98 Å². The summed E-state index contributed by atoms with van der Waals surface area (Å²) in [6.07, 6.45) is 3.36. The molecule has 0 amide bonds. The molecule has 1 rings (SSSR count). The Hall–Kier alpha value is -1.31. The van der Waals surface area contributed by atoms with E-state index in [1.165, 1.54) is 0 Å². The molecule has 0 aliphatic heterocycles. The van der Waals surface area contributed by atoms with Crippen molar-refractivity contribution >= 4 is 5.78 Å². The molecule has 0 unspecified atom stereocenters. The average molecular weight is 149 g/mol. The van der Waals surface area contributed by atoms with Gasteiger partial charge in [0.05, 0.1) is 5.69 Å². The molecule has 1 aromatic heterocycles. The smallest absolute Gasteiger partial charge is 0.201 e. The highest BCUT2D eigenvalue weighted by molar-refractivity contribution is 6.03. The summed E-state index contributed by atoms with van der Waals surface area (Å²) in [6.45, 7) is 3.81. The van der Waals surface area contributed by atoms with E-state index >= 15 is 0 Å². The molecule has 0 aliphatic carbocycles. The van der Waals surface area contributed by atoms with Gasteiger partial charge in [-0.3, -0.25) is 4.79 Å². The second-order valence-corrected chi connectivity index (χ2v) is 2.67. The number of carbonyl (C=O) groups is 1. The maximum atomic E-state index is 11.2. The first-order valence-electron chi connectivity index (χ1n) is 3.53. The van der Waals surface area contributed by atoms with Gasteiger partial charge in [-0.05, 0) is 32.1 Å². The highest BCUT2D eigenvalue weighted by Crippen LogP contribution is 1.99. The van der Waals surface area contributed by atoms with E-state index in [1.807, 2.05) is 19.9 Å². The molecule has 0 saturated heterocycles. The third-order valence-electron chi connectivity index (χ3n) is 1.28. The third kappa shape index (κ3) is 2.08. The quantitative estimate of drug-likeness (QED) is 0.507. The van der Waals surface area contributed by atoms with Crippen LogP contribution in [0.5, 0.6) is 0 Å². The highest BCUT2D eigenvalue weighted by Gasteiger charge is 2.00. The van der Waals surface area contributed by atoms with Crippen molar-refractivity contribution in [1.29, 1.82) is 0 Å². The molecule has 0 fully saturated rings. The van der Waals surface area contributed by atoms with Gasteiger partial charge in [0.2, 0.25) is 5.78 Å². The van der Waals surface area contributed by atoms with E-state index in [-0.39, 0.29) is 5.78 Å². The number of hydrogen-bond acceptors (Lipinski definition) is 1. The van der Waals surface area contributed by atoms with E-state index in [1.54, 1.807) is 18.3 Å². The summed E-state index contributed by atoms with van der Waals surface area (Å²) in [7, 11) is 0. The normalized spacial score (nSPS) is 9.27. The first-order chi connectivity index (χ1) is 5.20. The molecule has 0 atom stereocenters.